The number of ether oxygens (including phenoxy) is 1. The molecule has 3 fully saturated rings. The number of aryl methyl sites for hydroxylation is 1. The first-order chi connectivity index (χ1) is 17.4. The Morgan fingerprint density at radius 2 is 1.92 bits per heavy atom. The second-order valence-corrected chi connectivity index (χ2v) is 10.1. The highest BCUT2D eigenvalue weighted by Gasteiger charge is 2.48. The van der Waals surface area contributed by atoms with Crippen molar-refractivity contribution >= 4 is 5.82 Å². The number of alkyl halides is 1. The molecule has 1 aromatic carbocycles. The van der Waals surface area contributed by atoms with Crippen LogP contribution in [0.25, 0.3) is 22.4 Å². The summed E-state index contributed by atoms with van der Waals surface area (Å²) >= 11 is 0. The number of halogens is 2. The fourth-order valence-electron chi connectivity index (χ4n) is 5.69. The van der Waals surface area contributed by atoms with Crippen molar-refractivity contribution in [1.82, 2.24) is 20.1 Å². The largest absolute Gasteiger partial charge is 0.496 e. The first kappa shape index (κ1) is 23.1. The summed E-state index contributed by atoms with van der Waals surface area (Å²) in [5.41, 5.74) is 1.44. The van der Waals surface area contributed by atoms with Gasteiger partial charge < -0.3 is 19.5 Å². The lowest BCUT2D eigenvalue weighted by atomic mass is 9.95. The van der Waals surface area contributed by atoms with Crippen LogP contribution in [-0.2, 0) is 7.05 Å². The molecule has 4 atom stereocenters. The van der Waals surface area contributed by atoms with Gasteiger partial charge >= 0.3 is 0 Å². The number of fused-ring (bicyclic) bond motifs is 2. The molecule has 188 valence electrons. The van der Waals surface area contributed by atoms with Crippen LogP contribution in [0.4, 0.5) is 14.6 Å². The Bertz CT molecular complexity index is 1340. The Morgan fingerprint density at radius 3 is 2.61 bits per heavy atom. The van der Waals surface area contributed by atoms with Crippen molar-refractivity contribution in [2.24, 2.45) is 7.05 Å². The van der Waals surface area contributed by atoms with Crippen LogP contribution >= 0.6 is 0 Å². The van der Waals surface area contributed by atoms with Crippen LogP contribution in [0.2, 0.25) is 0 Å². The van der Waals surface area contributed by atoms with Crippen molar-refractivity contribution in [1.29, 1.82) is 0 Å². The minimum atomic E-state index is -0.942. The predicted molar refractivity (Wildman–Crippen MR) is 133 cm³/mol. The zero-order valence-corrected chi connectivity index (χ0v) is 20.3. The maximum Gasteiger partial charge on any atom is 0.250 e. The summed E-state index contributed by atoms with van der Waals surface area (Å²) in [6.07, 6.45) is 5.37. The summed E-state index contributed by atoms with van der Waals surface area (Å²) in [6.45, 7) is 0. The average molecular weight is 494 g/mol. The van der Waals surface area contributed by atoms with Gasteiger partial charge in [-0.1, -0.05) is 0 Å². The number of nitrogens with one attached hydrogen (secondary N) is 1. The van der Waals surface area contributed by atoms with Crippen molar-refractivity contribution < 1.29 is 13.5 Å². The van der Waals surface area contributed by atoms with Gasteiger partial charge in [0, 0.05) is 48.6 Å². The van der Waals surface area contributed by atoms with Crippen molar-refractivity contribution in [3.63, 3.8) is 0 Å². The number of aromatic nitrogens is 3. The lowest BCUT2D eigenvalue weighted by molar-refractivity contribution is 0.171. The lowest BCUT2D eigenvalue weighted by Crippen LogP contribution is -2.57. The Labute approximate surface area is 208 Å². The van der Waals surface area contributed by atoms with Crippen molar-refractivity contribution in [2.75, 3.05) is 12.0 Å². The number of hydrogen-bond donors (Lipinski definition) is 1. The maximum absolute atomic E-state index is 15.3. The van der Waals surface area contributed by atoms with Crippen molar-refractivity contribution in [3.05, 3.63) is 58.8 Å². The van der Waals surface area contributed by atoms with Gasteiger partial charge in [0.25, 0.3) is 5.56 Å². The van der Waals surface area contributed by atoms with Crippen LogP contribution in [0.1, 0.15) is 32.1 Å². The molecule has 2 bridgehead atoms. The molecule has 3 aromatic rings. The Balaban J connectivity index is 1.31. The highest BCUT2D eigenvalue weighted by atomic mass is 19.1. The van der Waals surface area contributed by atoms with Crippen LogP contribution in [0.5, 0.6) is 5.75 Å². The topological polar surface area (TPSA) is 72.3 Å². The summed E-state index contributed by atoms with van der Waals surface area (Å²) in [7, 11) is 3.15. The van der Waals surface area contributed by atoms with Crippen LogP contribution < -0.4 is 20.5 Å². The van der Waals surface area contributed by atoms with E-state index in [1.54, 1.807) is 31.4 Å². The molecule has 0 spiro atoms. The van der Waals surface area contributed by atoms with Gasteiger partial charge in [-0.3, -0.25) is 4.79 Å². The molecule has 1 N–H and O–H groups in total. The molecule has 1 aliphatic carbocycles. The van der Waals surface area contributed by atoms with Gasteiger partial charge in [-0.05, 0) is 68.0 Å². The third-order valence-electron chi connectivity index (χ3n) is 7.75. The van der Waals surface area contributed by atoms with Gasteiger partial charge in [0.05, 0.1) is 18.8 Å². The molecule has 3 aliphatic rings. The third-order valence-corrected chi connectivity index (χ3v) is 7.75. The highest BCUT2D eigenvalue weighted by molar-refractivity contribution is 5.75. The number of rotatable bonds is 6. The van der Waals surface area contributed by atoms with Gasteiger partial charge in [-0.25, -0.2) is 8.78 Å². The highest BCUT2D eigenvalue weighted by Crippen LogP contribution is 2.41. The van der Waals surface area contributed by atoms with E-state index in [1.165, 1.54) is 23.8 Å². The van der Waals surface area contributed by atoms with Crippen molar-refractivity contribution in [3.8, 4) is 28.1 Å². The van der Waals surface area contributed by atoms with Crippen LogP contribution in [0, 0.1) is 5.82 Å². The van der Waals surface area contributed by atoms with Crippen LogP contribution in [0.3, 0.4) is 0 Å². The molecular formula is C27H29F2N5O2. The lowest BCUT2D eigenvalue weighted by Gasteiger charge is -2.41. The van der Waals surface area contributed by atoms with Crippen LogP contribution in [-0.4, -0.2) is 52.2 Å². The van der Waals surface area contributed by atoms with E-state index in [-0.39, 0.29) is 29.2 Å². The van der Waals surface area contributed by atoms with Gasteiger partial charge in [-0.2, -0.15) is 0 Å². The maximum atomic E-state index is 15.3. The SMILES string of the molecule is COc1cc(-c2ccn(C)c(=O)c2)c(F)cc1-c1ccc(N(C2CC2)C2CC3CCC(N3)C2F)nn1. The van der Waals surface area contributed by atoms with E-state index in [9.17, 15) is 4.79 Å². The molecule has 2 saturated heterocycles. The van der Waals surface area contributed by atoms with Crippen LogP contribution in [0.15, 0.2) is 47.4 Å². The summed E-state index contributed by atoms with van der Waals surface area (Å²) in [4.78, 5) is 14.2. The molecule has 4 heterocycles. The Morgan fingerprint density at radius 1 is 1.08 bits per heavy atom. The van der Waals surface area contributed by atoms with Gasteiger partial charge in [0.15, 0.2) is 5.82 Å². The van der Waals surface area contributed by atoms with E-state index in [0.717, 1.165) is 32.1 Å². The summed E-state index contributed by atoms with van der Waals surface area (Å²) in [6, 6.07) is 10.00. The first-order valence-corrected chi connectivity index (χ1v) is 12.5. The number of piperidine rings is 1. The minimum absolute atomic E-state index is 0.0854. The molecule has 0 radical (unpaired) electrons. The molecule has 0 amide bonds. The second kappa shape index (κ2) is 8.96. The monoisotopic (exact) mass is 493 g/mol. The number of hydrogen-bond acceptors (Lipinski definition) is 6. The average Bonchev–Trinajstić information content (AvgIpc) is 3.64. The summed E-state index contributed by atoms with van der Waals surface area (Å²) in [5.74, 6) is 0.591. The number of methoxy groups -OCH3 is 1. The number of nitrogens with zero attached hydrogens (tertiary/aromatic N) is 4. The van der Waals surface area contributed by atoms with E-state index >= 15 is 8.78 Å². The molecule has 4 unspecified atom stereocenters. The molecule has 1 saturated carbocycles. The number of benzene rings is 1. The molecule has 6 rings (SSSR count). The Hall–Kier alpha value is -3.33. The van der Waals surface area contributed by atoms with Gasteiger partial charge in [0.1, 0.15) is 17.7 Å². The van der Waals surface area contributed by atoms with E-state index in [0.29, 0.717) is 34.4 Å². The molecule has 2 aliphatic heterocycles. The molecule has 2 aromatic heterocycles. The number of pyridine rings is 1. The smallest absolute Gasteiger partial charge is 0.250 e. The normalized spacial score (nSPS) is 25.1. The predicted octanol–water partition coefficient (Wildman–Crippen LogP) is 3.86. The standard InChI is InChI=1S/C27H29F2N5O2/c1-33-10-9-15(11-26(33)35)18-14-24(36-2)19(13-20(18)28)21-7-8-25(32-31-21)34(17-4-5-17)23-12-16-3-6-22(30-16)27(23)29/h7-11,13-14,16-17,22-23,27,30H,3-6,12H2,1-2H3. The number of anilines is 1. The van der Waals surface area contributed by atoms with E-state index in [2.05, 4.69) is 20.4 Å². The Kier molecular flexibility index (Phi) is 5.75. The van der Waals surface area contributed by atoms with Crippen molar-refractivity contribution in [2.45, 2.75) is 62.4 Å². The molecule has 9 heteroatoms. The summed E-state index contributed by atoms with van der Waals surface area (Å²) in [5, 5.41) is 12.3. The van der Waals surface area contributed by atoms with E-state index in [1.807, 2.05) is 6.07 Å². The third kappa shape index (κ3) is 4.05. The first-order valence-electron chi connectivity index (χ1n) is 12.5. The van der Waals surface area contributed by atoms with E-state index in [4.69, 9.17) is 4.74 Å². The zero-order valence-electron chi connectivity index (χ0n) is 20.3. The van der Waals surface area contributed by atoms with E-state index < -0.39 is 12.0 Å². The fraction of sp³-hybridized carbons (Fsp3) is 0.444. The minimum Gasteiger partial charge on any atom is -0.496 e. The van der Waals surface area contributed by atoms with Gasteiger partial charge in [0.2, 0.25) is 0 Å². The molecular weight excluding hydrogens is 464 g/mol. The summed E-state index contributed by atoms with van der Waals surface area (Å²) < 4.78 is 37.5. The molecule has 7 nitrogen and oxygen atoms in total. The zero-order chi connectivity index (χ0) is 25.0. The quantitative estimate of drug-likeness (QED) is 0.563. The fourth-order valence-corrected chi connectivity index (χ4v) is 5.69. The molecule has 36 heavy (non-hydrogen) atoms. The van der Waals surface area contributed by atoms with Gasteiger partial charge in [-0.15, -0.1) is 10.2 Å². The second-order valence-electron chi connectivity index (χ2n) is 10.1.